The van der Waals surface area contributed by atoms with Crippen LogP contribution in [0.3, 0.4) is 0 Å². The Labute approximate surface area is 118 Å². The molecule has 0 spiro atoms. The molecule has 0 bridgehead atoms. The van der Waals surface area contributed by atoms with Crippen LogP contribution in [0.25, 0.3) is 0 Å². The van der Waals surface area contributed by atoms with Gasteiger partial charge >= 0.3 is 12.0 Å². The maximum Gasteiger partial charge on any atom is 0.318 e. The molecule has 1 atom stereocenters. The highest BCUT2D eigenvalue weighted by Gasteiger charge is 2.34. The van der Waals surface area contributed by atoms with E-state index in [1.165, 1.54) is 4.90 Å². The number of hydrogen-bond acceptors (Lipinski definition) is 3. The lowest BCUT2D eigenvalue weighted by Crippen LogP contribution is -2.60. The van der Waals surface area contributed by atoms with Crippen LogP contribution in [0, 0.1) is 5.92 Å². The van der Waals surface area contributed by atoms with Crippen LogP contribution < -0.4 is 10.6 Å². The van der Waals surface area contributed by atoms with Crippen LogP contribution in [-0.2, 0) is 9.59 Å². The third-order valence-electron chi connectivity index (χ3n) is 3.66. The van der Waals surface area contributed by atoms with Crippen molar-refractivity contribution in [3.8, 4) is 0 Å². The molecule has 0 aliphatic carbocycles. The monoisotopic (exact) mass is 285 g/mol. The van der Waals surface area contributed by atoms with Crippen molar-refractivity contribution in [1.82, 2.24) is 15.5 Å². The number of aliphatic carboxylic acids is 1. The molecule has 0 aromatic rings. The van der Waals surface area contributed by atoms with Crippen LogP contribution >= 0.6 is 0 Å². The molecule has 1 saturated heterocycles. The van der Waals surface area contributed by atoms with Gasteiger partial charge in [-0.05, 0) is 5.92 Å². The molecule has 0 aromatic carbocycles. The number of rotatable bonds is 6. The van der Waals surface area contributed by atoms with E-state index in [-0.39, 0.29) is 12.5 Å². The molecule has 1 unspecified atom stereocenters. The van der Waals surface area contributed by atoms with Gasteiger partial charge in [-0.25, -0.2) is 4.79 Å². The maximum absolute atomic E-state index is 12.1. The number of carbonyl (C=O) groups is 3. The van der Waals surface area contributed by atoms with Gasteiger partial charge in [-0.15, -0.1) is 0 Å². The van der Waals surface area contributed by atoms with Crippen LogP contribution in [-0.4, -0.2) is 53.6 Å². The number of hydrogen-bond donors (Lipinski definition) is 3. The molecule has 1 rings (SSSR count). The second-order valence-corrected chi connectivity index (χ2v) is 4.97. The Morgan fingerprint density at radius 3 is 2.65 bits per heavy atom. The van der Waals surface area contributed by atoms with Gasteiger partial charge in [0.15, 0.2) is 0 Å². The summed E-state index contributed by atoms with van der Waals surface area (Å²) < 4.78 is 0. The van der Waals surface area contributed by atoms with E-state index in [4.69, 9.17) is 5.11 Å². The summed E-state index contributed by atoms with van der Waals surface area (Å²) in [6.07, 6.45) is 1.57. The highest BCUT2D eigenvalue weighted by molar-refractivity contribution is 5.91. The Balaban J connectivity index is 2.62. The van der Waals surface area contributed by atoms with Gasteiger partial charge in [0, 0.05) is 19.6 Å². The van der Waals surface area contributed by atoms with E-state index in [0.29, 0.717) is 25.6 Å². The predicted octanol–water partition coefficient (Wildman–Crippen LogP) is 0.407. The molecular formula is C13H23N3O4. The highest BCUT2D eigenvalue weighted by atomic mass is 16.4. The van der Waals surface area contributed by atoms with E-state index in [0.717, 1.165) is 12.8 Å². The number of urea groups is 1. The van der Waals surface area contributed by atoms with Crippen LogP contribution in [0.2, 0.25) is 0 Å². The number of amides is 3. The Kier molecular flexibility index (Phi) is 6.27. The first-order valence-corrected chi connectivity index (χ1v) is 7.03. The van der Waals surface area contributed by atoms with Crippen LogP contribution in [0.4, 0.5) is 4.79 Å². The maximum atomic E-state index is 12.1. The minimum atomic E-state index is -1.09. The molecule has 3 amide bonds. The van der Waals surface area contributed by atoms with Crippen molar-refractivity contribution < 1.29 is 19.5 Å². The average molecular weight is 285 g/mol. The number of nitrogens with zero attached hydrogens (tertiary/aromatic N) is 1. The van der Waals surface area contributed by atoms with Crippen LogP contribution in [0.15, 0.2) is 0 Å². The smallest absolute Gasteiger partial charge is 0.318 e. The van der Waals surface area contributed by atoms with Gasteiger partial charge in [0.05, 0.1) is 6.42 Å². The summed E-state index contributed by atoms with van der Waals surface area (Å²) >= 11 is 0. The first-order valence-electron chi connectivity index (χ1n) is 7.03. The molecule has 7 nitrogen and oxygen atoms in total. The van der Waals surface area contributed by atoms with Gasteiger partial charge in [0.2, 0.25) is 5.91 Å². The van der Waals surface area contributed by atoms with E-state index >= 15 is 0 Å². The molecule has 20 heavy (non-hydrogen) atoms. The van der Waals surface area contributed by atoms with Gasteiger partial charge in [-0.3, -0.25) is 9.59 Å². The van der Waals surface area contributed by atoms with Crippen molar-refractivity contribution in [3.05, 3.63) is 0 Å². The SMILES string of the molecule is CCC(CC)CNC(=O)N1CCNC(=O)C1CC(=O)O. The molecule has 1 heterocycles. The number of carboxylic acids is 1. The molecule has 0 saturated carbocycles. The zero-order chi connectivity index (χ0) is 15.1. The average Bonchev–Trinajstić information content (AvgIpc) is 2.41. The lowest BCUT2D eigenvalue weighted by Gasteiger charge is -2.34. The Morgan fingerprint density at radius 2 is 2.10 bits per heavy atom. The lowest BCUT2D eigenvalue weighted by molar-refractivity contribution is -0.142. The molecule has 0 radical (unpaired) electrons. The summed E-state index contributed by atoms with van der Waals surface area (Å²) in [6, 6.07) is -1.29. The number of nitrogens with one attached hydrogen (secondary N) is 2. The number of carboxylic acid groups (broad SMARTS) is 1. The minimum Gasteiger partial charge on any atom is -0.481 e. The fraction of sp³-hybridized carbons (Fsp3) is 0.769. The molecule has 0 aromatic heterocycles. The fourth-order valence-electron chi connectivity index (χ4n) is 2.24. The quantitative estimate of drug-likeness (QED) is 0.658. The van der Waals surface area contributed by atoms with E-state index < -0.39 is 17.9 Å². The first-order chi connectivity index (χ1) is 9.49. The zero-order valence-corrected chi connectivity index (χ0v) is 12.0. The second kappa shape index (κ2) is 7.72. The van der Waals surface area contributed by atoms with Crippen molar-refractivity contribution in [3.63, 3.8) is 0 Å². The number of piperazine rings is 1. The molecular weight excluding hydrogens is 262 g/mol. The van der Waals surface area contributed by atoms with E-state index in [9.17, 15) is 14.4 Å². The second-order valence-electron chi connectivity index (χ2n) is 4.97. The Bertz CT molecular complexity index is 369. The Morgan fingerprint density at radius 1 is 1.45 bits per heavy atom. The molecule has 1 fully saturated rings. The van der Waals surface area contributed by atoms with Crippen molar-refractivity contribution in [2.24, 2.45) is 5.92 Å². The first kappa shape index (κ1) is 16.3. The summed E-state index contributed by atoms with van der Waals surface area (Å²) in [6.45, 7) is 5.35. The Hall–Kier alpha value is -1.79. The summed E-state index contributed by atoms with van der Waals surface area (Å²) in [7, 11) is 0. The van der Waals surface area contributed by atoms with Gasteiger partial charge in [0.1, 0.15) is 6.04 Å². The molecule has 3 N–H and O–H groups in total. The topological polar surface area (TPSA) is 98.7 Å². The largest absolute Gasteiger partial charge is 0.481 e. The molecule has 1 aliphatic rings. The highest BCUT2D eigenvalue weighted by Crippen LogP contribution is 2.10. The van der Waals surface area contributed by atoms with Crippen LogP contribution in [0.1, 0.15) is 33.1 Å². The minimum absolute atomic E-state index is 0.332. The van der Waals surface area contributed by atoms with E-state index in [1.807, 2.05) is 0 Å². The van der Waals surface area contributed by atoms with Crippen molar-refractivity contribution in [1.29, 1.82) is 0 Å². The third-order valence-corrected chi connectivity index (χ3v) is 3.66. The summed E-state index contributed by atoms with van der Waals surface area (Å²) in [5, 5.41) is 14.2. The van der Waals surface area contributed by atoms with Crippen LogP contribution in [0.5, 0.6) is 0 Å². The summed E-state index contributed by atoms with van der Waals surface area (Å²) in [4.78, 5) is 35.9. The van der Waals surface area contributed by atoms with Gasteiger partial charge in [0.25, 0.3) is 0 Å². The lowest BCUT2D eigenvalue weighted by atomic mass is 10.0. The van der Waals surface area contributed by atoms with Gasteiger partial charge in [-0.1, -0.05) is 26.7 Å². The zero-order valence-electron chi connectivity index (χ0n) is 12.0. The van der Waals surface area contributed by atoms with Gasteiger partial charge < -0.3 is 20.6 Å². The van der Waals surface area contributed by atoms with Gasteiger partial charge in [-0.2, -0.15) is 0 Å². The summed E-state index contributed by atoms with van der Waals surface area (Å²) in [5.41, 5.74) is 0. The number of carbonyl (C=O) groups excluding carboxylic acids is 2. The van der Waals surface area contributed by atoms with Crippen molar-refractivity contribution in [2.45, 2.75) is 39.2 Å². The molecule has 1 aliphatic heterocycles. The molecule has 114 valence electrons. The standard InChI is InChI=1S/C13H23N3O4/c1-3-9(4-2)8-15-13(20)16-6-5-14-12(19)10(16)7-11(17)18/h9-10H,3-8H2,1-2H3,(H,14,19)(H,15,20)(H,17,18). The predicted molar refractivity (Wildman–Crippen MR) is 73.2 cm³/mol. The summed E-state index contributed by atoms with van der Waals surface area (Å²) in [5.74, 6) is -1.10. The molecule has 7 heteroatoms. The van der Waals surface area contributed by atoms with E-state index in [1.54, 1.807) is 0 Å². The van der Waals surface area contributed by atoms with E-state index in [2.05, 4.69) is 24.5 Å². The fourth-order valence-corrected chi connectivity index (χ4v) is 2.24. The van der Waals surface area contributed by atoms with Crippen molar-refractivity contribution in [2.75, 3.05) is 19.6 Å². The third kappa shape index (κ3) is 4.40. The van der Waals surface area contributed by atoms with Crippen molar-refractivity contribution >= 4 is 17.9 Å². The normalized spacial score (nSPS) is 18.9.